The van der Waals surface area contributed by atoms with E-state index in [2.05, 4.69) is 34.9 Å². The minimum absolute atomic E-state index is 0. The quantitative estimate of drug-likeness (QED) is 0.259. The van der Waals surface area contributed by atoms with Gasteiger partial charge in [0.25, 0.3) is 5.91 Å². The van der Waals surface area contributed by atoms with Crippen molar-refractivity contribution >= 4 is 34.9 Å². The van der Waals surface area contributed by atoms with Gasteiger partial charge in [0, 0.05) is 35.4 Å². The van der Waals surface area contributed by atoms with Crippen molar-refractivity contribution in [2.75, 3.05) is 18.4 Å². The number of rotatable bonds is 12. The Labute approximate surface area is 214 Å². The van der Waals surface area contributed by atoms with Gasteiger partial charge in [0.1, 0.15) is 5.82 Å². The molecule has 2 N–H and O–H groups in total. The van der Waals surface area contributed by atoms with E-state index in [1.54, 1.807) is 0 Å². The normalized spacial score (nSPS) is 12.6. The molecule has 0 unspecified atom stereocenters. The van der Waals surface area contributed by atoms with Crippen LogP contribution in [0.3, 0.4) is 0 Å². The third kappa shape index (κ3) is 7.66. The van der Waals surface area contributed by atoms with Gasteiger partial charge in [0.2, 0.25) is 0 Å². The first kappa shape index (κ1) is 26.9. The number of anilines is 1. The summed E-state index contributed by atoms with van der Waals surface area (Å²) >= 11 is 0. The fraction of sp³-hybridized carbons (Fsp3) is 0.448. The Morgan fingerprint density at radius 3 is 2.26 bits per heavy atom. The van der Waals surface area contributed by atoms with Gasteiger partial charge in [-0.1, -0.05) is 50.3 Å². The summed E-state index contributed by atoms with van der Waals surface area (Å²) in [5.41, 5.74) is 5.68. The van der Waals surface area contributed by atoms with Gasteiger partial charge < -0.3 is 10.6 Å². The number of halogens is 2. The lowest BCUT2D eigenvalue weighted by Crippen LogP contribution is -2.24. The number of amides is 1. The number of carbonyl (C=O) groups is 1. The average molecular weight is 498 g/mol. The lowest BCUT2D eigenvalue weighted by molar-refractivity contribution is 0.0953. The number of hydrogen-bond acceptors (Lipinski definition) is 3. The van der Waals surface area contributed by atoms with E-state index in [1.165, 1.54) is 91.5 Å². The molecule has 0 atom stereocenters. The van der Waals surface area contributed by atoms with Crippen LogP contribution < -0.4 is 10.6 Å². The topological polar surface area (TPSA) is 54.0 Å². The van der Waals surface area contributed by atoms with E-state index >= 15 is 0 Å². The number of benzene rings is 2. The van der Waals surface area contributed by atoms with Crippen LogP contribution in [0.25, 0.3) is 10.9 Å². The van der Waals surface area contributed by atoms with E-state index in [4.69, 9.17) is 4.98 Å². The summed E-state index contributed by atoms with van der Waals surface area (Å²) in [5.74, 6) is -0.451. The molecule has 0 saturated heterocycles. The highest BCUT2D eigenvalue weighted by Crippen LogP contribution is 2.33. The molecule has 0 bridgehead atoms. The number of unbranched alkanes of at least 4 members (excludes halogenated alkanes) is 6. The SMILES string of the molecule is Cl.O=C(NCCCCCCCCCNc1c2c(nc3ccccc13)CCCC2)c1ccc(F)cc1. The minimum Gasteiger partial charge on any atom is -0.384 e. The predicted molar refractivity (Wildman–Crippen MR) is 145 cm³/mol. The molecular weight excluding hydrogens is 461 g/mol. The maximum atomic E-state index is 12.9. The van der Waals surface area contributed by atoms with Gasteiger partial charge in [-0.15, -0.1) is 12.4 Å². The number of aromatic nitrogens is 1. The molecule has 1 aliphatic rings. The van der Waals surface area contributed by atoms with Crippen LogP contribution in [0.15, 0.2) is 48.5 Å². The van der Waals surface area contributed by atoms with Gasteiger partial charge in [-0.3, -0.25) is 9.78 Å². The Balaban J connectivity index is 0.00000342. The summed E-state index contributed by atoms with van der Waals surface area (Å²) in [5, 5.41) is 7.93. The van der Waals surface area contributed by atoms with E-state index < -0.39 is 0 Å². The molecule has 1 aromatic heterocycles. The number of nitrogens with zero attached hydrogens (tertiary/aromatic N) is 1. The maximum Gasteiger partial charge on any atom is 0.251 e. The molecule has 1 aliphatic carbocycles. The Morgan fingerprint density at radius 2 is 1.49 bits per heavy atom. The maximum absolute atomic E-state index is 12.9. The van der Waals surface area contributed by atoms with Crippen molar-refractivity contribution in [1.82, 2.24) is 10.3 Å². The second-order valence-electron chi connectivity index (χ2n) is 9.30. The molecule has 4 rings (SSSR count). The molecule has 188 valence electrons. The van der Waals surface area contributed by atoms with Crippen molar-refractivity contribution in [2.24, 2.45) is 0 Å². The molecule has 1 heterocycles. The zero-order chi connectivity index (χ0) is 23.6. The van der Waals surface area contributed by atoms with Gasteiger partial charge in [0.05, 0.1) is 5.52 Å². The van der Waals surface area contributed by atoms with Gasteiger partial charge in [-0.05, 0) is 74.4 Å². The summed E-state index contributed by atoms with van der Waals surface area (Å²) in [4.78, 5) is 16.9. The monoisotopic (exact) mass is 497 g/mol. The first-order valence-corrected chi connectivity index (χ1v) is 12.9. The average Bonchev–Trinajstić information content (AvgIpc) is 2.87. The molecule has 0 aliphatic heterocycles. The first-order valence-electron chi connectivity index (χ1n) is 12.9. The Hall–Kier alpha value is -2.66. The highest BCUT2D eigenvalue weighted by Gasteiger charge is 2.17. The number of nitrogens with one attached hydrogen (secondary N) is 2. The zero-order valence-electron chi connectivity index (χ0n) is 20.5. The van der Waals surface area contributed by atoms with Crippen molar-refractivity contribution in [2.45, 2.75) is 70.6 Å². The predicted octanol–water partition coefficient (Wildman–Crippen LogP) is 7.25. The molecule has 0 fully saturated rings. The standard InChI is InChI=1S/C29H36FN3O.ClH/c30-23-18-16-22(17-19-23)29(34)32-21-11-5-3-1-2-4-10-20-31-28-24-12-6-8-14-26(24)33-27-15-9-7-13-25(27)28;/h6,8,12,14,16-19H,1-5,7,9-11,13,15,20-21H2,(H,31,33)(H,32,34);1H. The summed E-state index contributed by atoms with van der Waals surface area (Å²) < 4.78 is 12.9. The van der Waals surface area contributed by atoms with Crippen LogP contribution in [-0.4, -0.2) is 24.0 Å². The smallest absolute Gasteiger partial charge is 0.251 e. The molecule has 0 spiro atoms. The van der Waals surface area contributed by atoms with Gasteiger partial charge in [-0.2, -0.15) is 0 Å². The van der Waals surface area contributed by atoms with Crippen LogP contribution in [-0.2, 0) is 12.8 Å². The molecule has 4 nitrogen and oxygen atoms in total. The Bertz CT molecular complexity index is 1090. The van der Waals surface area contributed by atoms with Crippen molar-refractivity contribution < 1.29 is 9.18 Å². The van der Waals surface area contributed by atoms with E-state index in [9.17, 15) is 9.18 Å². The van der Waals surface area contributed by atoms with E-state index in [0.717, 1.165) is 37.7 Å². The minimum atomic E-state index is -0.322. The molecule has 0 saturated carbocycles. The third-order valence-electron chi connectivity index (χ3n) is 6.72. The number of para-hydroxylation sites is 1. The van der Waals surface area contributed by atoms with Crippen LogP contribution in [0.5, 0.6) is 0 Å². The molecule has 0 radical (unpaired) electrons. The first-order chi connectivity index (χ1) is 16.7. The summed E-state index contributed by atoms with van der Waals surface area (Å²) in [6, 6.07) is 14.2. The van der Waals surface area contributed by atoms with E-state index in [0.29, 0.717) is 12.1 Å². The van der Waals surface area contributed by atoms with E-state index in [-0.39, 0.29) is 24.1 Å². The molecule has 1 amide bonds. The number of hydrogen-bond donors (Lipinski definition) is 2. The van der Waals surface area contributed by atoms with Crippen molar-refractivity contribution in [1.29, 1.82) is 0 Å². The van der Waals surface area contributed by atoms with Crippen LogP contribution in [0.2, 0.25) is 0 Å². The highest BCUT2D eigenvalue weighted by atomic mass is 35.5. The molecule has 2 aromatic carbocycles. The van der Waals surface area contributed by atoms with Gasteiger partial charge in [0.15, 0.2) is 0 Å². The lowest BCUT2D eigenvalue weighted by atomic mass is 9.92. The van der Waals surface area contributed by atoms with Crippen LogP contribution in [0.4, 0.5) is 10.1 Å². The third-order valence-corrected chi connectivity index (χ3v) is 6.72. The largest absolute Gasteiger partial charge is 0.384 e. The fourth-order valence-corrected chi connectivity index (χ4v) is 4.83. The molecule has 3 aromatic rings. The second-order valence-corrected chi connectivity index (χ2v) is 9.30. The van der Waals surface area contributed by atoms with Crippen LogP contribution in [0.1, 0.15) is 79.4 Å². The number of fused-ring (bicyclic) bond motifs is 2. The van der Waals surface area contributed by atoms with Crippen molar-refractivity contribution in [3.8, 4) is 0 Å². The summed E-state index contributed by atoms with van der Waals surface area (Å²) in [6.45, 7) is 1.68. The van der Waals surface area contributed by atoms with Crippen molar-refractivity contribution in [3.05, 3.63) is 71.2 Å². The second kappa shape index (κ2) is 14.0. The van der Waals surface area contributed by atoms with Gasteiger partial charge in [-0.25, -0.2) is 4.39 Å². The van der Waals surface area contributed by atoms with Gasteiger partial charge >= 0.3 is 0 Å². The molecular formula is C29H37ClFN3O. The lowest BCUT2D eigenvalue weighted by Gasteiger charge is -2.21. The number of pyridine rings is 1. The zero-order valence-corrected chi connectivity index (χ0v) is 21.3. The highest BCUT2D eigenvalue weighted by molar-refractivity contribution is 5.94. The van der Waals surface area contributed by atoms with Crippen LogP contribution in [0, 0.1) is 5.82 Å². The molecule has 35 heavy (non-hydrogen) atoms. The summed E-state index contributed by atoms with van der Waals surface area (Å²) in [7, 11) is 0. The Kier molecular flexibility index (Phi) is 10.8. The summed E-state index contributed by atoms with van der Waals surface area (Å²) in [6.07, 6.45) is 13.0. The van der Waals surface area contributed by atoms with Crippen LogP contribution >= 0.6 is 12.4 Å². The van der Waals surface area contributed by atoms with E-state index in [1.807, 2.05) is 0 Å². The Morgan fingerprint density at radius 1 is 0.829 bits per heavy atom. The number of aryl methyl sites for hydroxylation is 1. The number of carbonyl (C=O) groups excluding carboxylic acids is 1. The fourth-order valence-electron chi connectivity index (χ4n) is 4.83. The van der Waals surface area contributed by atoms with Crippen molar-refractivity contribution in [3.63, 3.8) is 0 Å². The molecule has 6 heteroatoms.